The Hall–Kier alpha value is -3.02. The van der Waals surface area contributed by atoms with Crippen molar-refractivity contribution in [1.82, 2.24) is 4.98 Å². The lowest BCUT2D eigenvalue weighted by molar-refractivity contribution is -0.136. The average molecular weight is 344 g/mol. The van der Waals surface area contributed by atoms with Crippen LogP contribution in [0.5, 0.6) is 5.88 Å². The topological polar surface area (TPSA) is 48.1 Å². The molecule has 0 aliphatic heterocycles. The van der Waals surface area contributed by atoms with Gasteiger partial charge in [-0.1, -0.05) is 36.4 Å². The summed E-state index contributed by atoms with van der Waals surface area (Å²) in [5, 5.41) is 0. The van der Waals surface area contributed by atoms with Crippen LogP contribution >= 0.6 is 0 Å². The van der Waals surface area contributed by atoms with Crippen LogP contribution in [-0.2, 0) is 12.8 Å². The summed E-state index contributed by atoms with van der Waals surface area (Å²) in [6.07, 6.45) is -2.92. The average Bonchev–Trinajstić information content (AvgIpc) is 2.60. The van der Waals surface area contributed by atoms with Gasteiger partial charge in [-0.25, -0.2) is 4.98 Å². The van der Waals surface area contributed by atoms with E-state index in [-0.39, 0.29) is 5.69 Å². The third-order valence-corrected chi connectivity index (χ3v) is 3.66. The van der Waals surface area contributed by atoms with E-state index in [9.17, 15) is 13.2 Å². The maximum absolute atomic E-state index is 12.8. The lowest BCUT2D eigenvalue weighted by atomic mass is 10.0. The minimum Gasteiger partial charge on any atom is -0.473 e. The summed E-state index contributed by atoms with van der Waals surface area (Å²) in [6.45, 7) is 0.389. The molecule has 0 aliphatic rings. The second-order valence-electron chi connectivity index (χ2n) is 5.46. The Kier molecular flexibility index (Phi) is 4.61. The molecule has 3 nitrogen and oxygen atoms in total. The lowest BCUT2D eigenvalue weighted by Crippen LogP contribution is -2.08. The molecule has 2 N–H and O–H groups in total. The first-order chi connectivity index (χ1) is 11.9. The largest absolute Gasteiger partial charge is 0.473 e. The molecule has 2 aromatic carbocycles. The molecule has 0 aliphatic carbocycles. The van der Waals surface area contributed by atoms with Crippen molar-refractivity contribution < 1.29 is 17.9 Å². The predicted octanol–water partition coefficient (Wildman–Crippen LogP) is 4.93. The van der Waals surface area contributed by atoms with E-state index in [1.54, 1.807) is 18.3 Å². The molecule has 0 radical (unpaired) electrons. The van der Waals surface area contributed by atoms with E-state index in [1.807, 2.05) is 30.3 Å². The van der Waals surface area contributed by atoms with Gasteiger partial charge in [0, 0.05) is 23.5 Å². The van der Waals surface area contributed by atoms with Crippen molar-refractivity contribution in [2.75, 3.05) is 5.73 Å². The number of nitrogens with zero attached hydrogens (tertiary/aromatic N) is 1. The van der Waals surface area contributed by atoms with Crippen molar-refractivity contribution in [3.8, 4) is 17.0 Å². The van der Waals surface area contributed by atoms with Gasteiger partial charge in [-0.15, -0.1) is 0 Å². The zero-order chi connectivity index (χ0) is 17.9. The van der Waals surface area contributed by atoms with Crippen LogP contribution in [-0.4, -0.2) is 4.98 Å². The van der Waals surface area contributed by atoms with Crippen LogP contribution in [0.3, 0.4) is 0 Å². The number of nitrogens with two attached hydrogens (primary N) is 1. The highest BCUT2D eigenvalue weighted by Crippen LogP contribution is 2.35. The van der Waals surface area contributed by atoms with Gasteiger partial charge in [0.15, 0.2) is 0 Å². The van der Waals surface area contributed by atoms with E-state index in [4.69, 9.17) is 10.5 Å². The van der Waals surface area contributed by atoms with Gasteiger partial charge in [0.1, 0.15) is 6.61 Å². The van der Waals surface area contributed by atoms with Crippen molar-refractivity contribution in [1.29, 1.82) is 0 Å². The molecule has 1 heterocycles. The summed E-state index contributed by atoms with van der Waals surface area (Å²) < 4.78 is 43.8. The van der Waals surface area contributed by atoms with Crippen molar-refractivity contribution in [3.05, 3.63) is 78.0 Å². The molecule has 0 unspecified atom stereocenters. The van der Waals surface area contributed by atoms with E-state index < -0.39 is 11.7 Å². The molecule has 0 spiro atoms. The molecular formula is C19H15F3N2O. The Bertz CT molecular complexity index is 847. The summed E-state index contributed by atoms with van der Waals surface area (Å²) >= 11 is 0. The van der Waals surface area contributed by atoms with Gasteiger partial charge in [-0.3, -0.25) is 0 Å². The number of pyridine rings is 1. The number of ether oxygens (including phenoxy) is 1. The van der Waals surface area contributed by atoms with E-state index in [2.05, 4.69) is 4.98 Å². The molecule has 128 valence electrons. The van der Waals surface area contributed by atoms with Gasteiger partial charge >= 0.3 is 6.18 Å². The van der Waals surface area contributed by atoms with Crippen molar-refractivity contribution in [3.63, 3.8) is 0 Å². The fourth-order valence-corrected chi connectivity index (χ4v) is 2.37. The van der Waals surface area contributed by atoms with Crippen LogP contribution in [0.4, 0.5) is 18.9 Å². The highest BCUT2D eigenvalue weighted by atomic mass is 19.4. The number of rotatable bonds is 4. The molecule has 3 aromatic rings. The Morgan fingerprint density at radius 2 is 1.64 bits per heavy atom. The predicted molar refractivity (Wildman–Crippen MR) is 89.9 cm³/mol. The van der Waals surface area contributed by atoms with Gasteiger partial charge in [-0.05, 0) is 29.3 Å². The Morgan fingerprint density at radius 1 is 0.920 bits per heavy atom. The van der Waals surface area contributed by atoms with Crippen LogP contribution < -0.4 is 10.5 Å². The highest BCUT2D eigenvalue weighted by molar-refractivity contribution is 5.69. The third kappa shape index (κ3) is 4.09. The fourth-order valence-electron chi connectivity index (χ4n) is 2.37. The maximum Gasteiger partial charge on any atom is 0.418 e. The molecule has 3 rings (SSSR count). The zero-order valence-electron chi connectivity index (χ0n) is 13.1. The van der Waals surface area contributed by atoms with Crippen molar-refractivity contribution in [2.45, 2.75) is 12.8 Å². The number of anilines is 1. The van der Waals surface area contributed by atoms with Gasteiger partial charge in [0.2, 0.25) is 5.88 Å². The number of nitrogen functional groups attached to an aromatic ring is 1. The van der Waals surface area contributed by atoms with E-state index in [1.165, 1.54) is 12.1 Å². The Labute approximate surface area is 142 Å². The Balaban J connectivity index is 1.73. The van der Waals surface area contributed by atoms with Crippen LogP contribution in [0, 0.1) is 0 Å². The molecule has 0 amide bonds. The quantitative estimate of drug-likeness (QED) is 0.683. The van der Waals surface area contributed by atoms with Crippen LogP contribution in [0.2, 0.25) is 0 Å². The second kappa shape index (κ2) is 6.84. The normalized spacial score (nSPS) is 11.3. The zero-order valence-corrected chi connectivity index (χ0v) is 13.1. The summed E-state index contributed by atoms with van der Waals surface area (Å²) in [7, 11) is 0. The summed E-state index contributed by atoms with van der Waals surface area (Å²) in [4.78, 5) is 4.19. The SMILES string of the molecule is Nc1cc(-c2ccc(OCc3ccccc3)nc2)ccc1C(F)(F)F. The molecule has 0 atom stereocenters. The molecular weight excluding hydrogens is 329 g/mol. The number of aromatic nitrogens is 1. The molecule has 25 heavy (non-hydrogen) atoms. The van der Waals surface area contributed by atoms with Crippen LogP contribution in [0.25, 0.3) is 11.1 Å². The fraction of sp³-hybridized carbons (Fsp3) is 0.105. The number of alkyl halides is 3. The number of hydrogen-bond acceptors (Lipinski definition) is 3. The molecule has 0 saturated heterocycles. The minimum absolute atomic E-state index is 0.311. The number of halogens is 3. The molecule has 1 aromatic heterocycles. The van der Waals surface area contributed by atoms with Crippen LogP contribution in [0.1, 0.15) is 11.1 Å². The summed E-state index contributed by atoms with van der Waals surface area (Å²) in [5.41, 5.74) is 6.61. The lowest BCUT2D eigenvalue weighted by Gasteiger charge is -2.11. The van der Waals surface area contributed by atoms with Crippen molar-refractivity contribution in [2.24, 2.45) is 0 Å². The second-order valence-corrected chi connectivity index (χ2v) is 5.46. The first-order valence-electron chi connectivity index (χ1n) is 7.53. The smallest absolute Gasteiger partial charge is 0.418 e. The molecule has 0 fully saturated rings. The number of benzene rings is 2. The van der Waals surface area contributed by atoms with Gasteiger partial charge < -0.3 is 10.5 Å². The van der Waals surface area contributed by atoms with Gasteiger partial charge in [0.25, 0.3) is 0 Å². The summed E-state index contributed by atoms with van der Waals surface area (Å²) in [6, 6.07) is 16.7. The van der Waals surface area contributed by atoms with E-state index in [0.717, 1.165) is 11.6 Å². The van der Waals surface area contributed by atoms with Gasteiger partial charge in [0.05, 0.1) is 5.56 Å². The molecule has 0 bridgehead atoms. The highest BCUT2D eigenvalue weighted by Gasteiger charge is 2.32. The maximum atomic E-state index is 12.8. The first kappa shape index (κ1) is 16.8. The van der Waals surface area contributed by atoms with Crippen LogP contribution in [0.15, 0.2) is 66.9 Å². The minimum atomic E-state index is -4.46. The Morgan fingerprint density at radius 3 is 2.24 bits per heavy atom. The number of hydrogen-bond donors (Lipinski definition) is 1. The summed E-state index contributed by atoms with van der Waals surface area (Å²) in [5.74, 6) is 0.437. The molecule has 0 saturated carbocycles. The first-order valence-corrected chi connectivity index (χ1v) is 7.53. The molecule has 6 heteroatoms. The standard InChI is InChI=1S/C19H15F3N2O/c20-19(21,22)16-8-6-14(10-17(16)23)15-7-9-18(24-11-15)25-12-13-4-2-1-3-5-13/h1-11H,12,23H2. The van der Waals surface area contributed by atoms with E-state index in [0.29, 0.717) is 23.6 Å². The van der Waals surface area contributed by atoms with Gasteiger partial charge in [-0.2, -0.15) is 13.2 Å². The van der Waals surface area contributed by atoms with Crippen molar-refractivity contribution >= 4 is 5.69 Å². The monoisotopic (exact) mass is 344 g/mol. The third-order valence-electron chi connectivity index (χ3n) is 3.66. The van der Waals surface area contributed by atoms with E-state index >= 15 is 0 Å².